The summed E-state index contributed by atoms with van der Waals surface area (Å²) in [6.45, 7) is 3.98. The molecule has 1 amide bonds. The smallest absolute Gasteiger partial charge is 0.274 e. The van der Waals surface area contributed by atoms with Gasteiger partial charge in [0, 0.05) is 19.5 Å². The van der Waals surface area contributed by atoms with Crippen molar-refractivity contribution < 1.29 is 4.79 Å². The lowest BCUT2D eigenvalue weighted by atomic mass is 10.0. The molecule has 0 fully saturated rings. The molecule has 1 aromatic carbocycles. The highest BCUT2D eigenvalue weighted by Crippen LogP contribution is 2.20. The molecule has 0 saturated carbocycles. The van der Waals surface area contributed by atoms with Crippen LogP contribution in [0.2, 0.25) is 0 Å². The highest BCUT2D eigenvalue weighted by molar-refractivity contribution is 6.04. The molecule has 25 heavy (non-hydrogen) atoms. The van der Waals surface area contributed by atoms with Crippen LogP contribution < -0.4 is 10.9 Å². The number of carbonyl (C=O) groups is 1. The van der Waals surface area contributed by atoms with Gasteiger partial charge in [-0.15, -0.1) is 0 Å². The Kier molecular flexibility index (Phi) is 4.35. The number of aromatic nitrogens is 5. The van der Waals surface area contributed by atoms with Crippen LogP contribution in [0.4, 0.5) is 0 Å². The van der Waals surface area contributed by atoms with Crippen molar-refractivity contribution in [2.24, 2.45) is 20.0 Å². The van der Waals surface area contributed by atoms with Crippen molar-refractivity contribution >= 4 is 16.7 Å². The van der Waals surface area contributed by atoms with Crippen molar-refractivity contribution in [1.29, 1.82) is 0 Å². The number of benzene rings is 1. The number of amides is 1. The zero-order valence-corrected chi connectivity index (χ0v) is 14.6. The van der Waals surface area contributed by atoms with E-state index in [-0.39, 0.29) is 29.1 Å². The van der Waals surface area contributed by atoms with Gasteiger partial charge in [0.2, 0.25) is 0 Å². The summed E-state index contributed by atoms with van der Waals surface area (Å²) in [5.74, 6) is 0.414. The molecule has 8 nitrogen and oxygen atoms in total. The van der Waals surface area contributed by atoms with Gasteiger partial charge >= 0.3 is 0 Å². The van der Waals surface area contributed by atoms with Crippen molar-refractivity contribution in [2.75, 3.05) is 0 Å². The van der Waals surface area contributed by atoms with Crippen LogP contribution >= 0.6 is 0 Å². The Morgan fingerprint density at radius 3 is 2.40 bits per heavy atom. The standard InChI is InChI=1S/C17H20N6O2/c1-10(2)13(15-18-9-19-22(15)3)20-16(24)14-11-7-5-6-8-12(11)17(25)23(4)21-14/h5-10,13H,1-4H3,(H,20,24). The summed E-state index contributed by atoms with van der Waals surface area (Å²) < 4.78 is 2.82. The van der Waals surface area contributed by atoms with E-state index < -0.39 is 0 Å². The predicted octanol–water partition coefficient (Wildman–Crippen LogP) is 1.19. The third-order valence-electron chi connectivity index (χ3n) is 4.15. The van der Waals surface area contributed by atoms with Gasteiger partial charge in [-0.3, -0.25) is 14.3 Å². The first-order valence-electron chi connectivity index (χ1n) is 8.01. The molecule has 1 unspecified atom stereocenters. The zero-order chi connectivity index (χ0) is 18.1. The first-order valence-corrected chi connectivity index (χ1v) is 8.01. The van der Waals surface area contributed by atoms with Crippen LogP contribution in [-0.2, 0) is 14.1 Å². The van der Waals surface area contributed by atoms with E-state index in [1.807, 2.05) is 13.8 Å². The largest absolute Gasteiger partial charge is 0.340 e. The van der Waals surface area contributed by atoms with E-state index in [4.69, 9.17) is 0 Å². The number of hydrogen-bond donors (Lipinski definition) is 1. The maximum Gasteiger partial charge on any atom is 0.274 e. The van der Waals surface area contributed by atoms with Crippen molar-refractivity contribution in [3.63, 3.8) is 0 Å². The minimum Gasteiger partial charge on any atom is -0.340 e. The molecule has 0 aliphatic rings. The quantitative estimate of drug-likeness (QED) is 0.770. The van der Waals surface area contributed by atoms with Crippen molar-refractivity contribution in [1.82, 2.24) is 29.9 Å². The van der Waals surface area contributed by atoms with Crippen molar-refractivity contribution in [2.45, 2.75) is 19.9 Å². The lowest BCUT2D eigenvalue weighted by molar-refractivity contribution is 0.0916. The molecule has 0 spiro atoms. The second kappa shape index (κ2) is 6.46. The molecule has 3 aromatic rings. The van der Waals surface area contributed by atoms with Crippen LogP contribution in [0.3, 0.4) is 0 Å². The highest BCUT2D eigenvalue weighted by Gasteiger charge is 2.25. The molecule has 3 rings (SSSR count). The van der Waals surface area contributed by atoms with Gasteiger partial charge in [0.15, 0.2) is 5.69 Å². The summed E-state index contributed by atoms with van der Waals surface area (Å²) in [5, 5.41) is 12.2. The fourth-order valence-electron chi connectivity index (χ4n) is 2.79. The summed E-state index contributed by atoms with van der Waals surface area (Å²) in [7, 11) is 3.32. The first-order chi connectivity index (χ1) is 11.9. The topological polar surface area (TPSA) is 94.7 Å². The number of fused-ring (bicyclic) bond motifs is 1. The Labute approximate surface area is 144 Å². The summed E-state index contributed by atoms with van der Waals surface area (Å²) in [5.41, 5.74) is -0.0219. The SMILES string of the molecule is CC(C)C(NC(=O)c1nn(C)c(=O)c2ccccc12)c1ncnn1C. The van der Waals surface area contributed by atoms with E-state index in [0.29, 0.717) is 16.6 Å². The Hall–Kier alpha value is -3.03. The molecule has 130 valence electrons. The number of rotatable bonds is 4. The molecule has 1 N–H and O–H groups in total. The average molecular weight is 340 g/mol. The predicted molar refractivity (Wildman–Crippen MR) is 93.0 cm³/mol. The molecule has 1 atom stereocenters. The third-order valence-corrected chi connectivity index (χ3v) is 4.15. The van der Waals surface area contributed by atoms with Crippen LogP contribution in [0.1, 0.15) is 36.2 Å². The Morgan fingerprint density at radius 2 is 1.80 bits per heavy atom. The van der Waals surface area contributed by atoms with E-state index in [2.05, 4.69) is 20.5 Å². The Bertz CT molecular complexity index is 988. The fraction of sp³-hybridized carbons (Fsp3) is 0.353. The van der Waals surface area contributed by atoms with Gasteiger partial charge in [-0.1, -0.05) is 32.0 Å². The van der Waals surface area contributed by atoms with E-state index in [1.165, 1.54) is 18.1 Å². The van der Waals surface area contributed by atoms with Gasteiger partial charge in [0.05, 0.1) is 11.4 Å². The molecule has 0 saturated heterocycles. The monoisotopic (exact) mass is 340 g/mol. The molecule has 0 bridgehead atoms. The van der Waals surface area contributed by atoms with Gasteiger partial charge < -0.3 is 5.32 Å². The average Bonchev–Trinajstić information content (AvgIpc) is 3.01. The molecule has 2 aromatic heterocycles. The molecule has 0 radical (unpaired) electrons. The third kappa shape index (κ3) is 3.02. The number of nitrogens with one attached hydrogen (secondary N) is 1. The molecule has 8 heteroatoms. The van der Waals surface area contributed by atoms with E-state index in [0.717, 1.165) is 0 Å². The molecule has 2 heterocycles. The van der Waals surface area contributed by atoms with Crippen molar-refractivity contribution in [3.05, 3.63) is 52.5 Å². The summed E-state index contributed by atoms with van der Waals surface area (Å²) in [6, 6.07) is 6.65. The first kappa shape index (κ1) is 16.8. The normalized spacial score (nSPS) is 12.5. The van der Waals surface area contributed by atoms with Crippen LogP contribution in [0, 0.1) is 5.92 Å². The molecular weight excluding hydrogens is 320 g/mol. The minimum absolute atomic E-state index is 0.102. The number of hydrogen-bond acceptors (Lipinski definition) is 5. The van der Waals surface area contributed by atoms with Gasteiger partial charge in [-0.2, -0.15) is 10.2 Å². The number of aryl methyl sites for hydroxylation is 2. The second-order valence-corrected chi connectivity index (χ2v) is 6.26. The Balaban J connectivity index is 2.04. The fourth-order valence-corrected chi connectivity index (χ4v) is 2.79. The zero-order valence-electron chi connectivity index (χ0n) is 14.6. The van der Waals surface area contributed by atoms with E-state index >= 15 is 0 Å². The maximum atomic E-state index is 12.9. The van der Waals surface area contributed by atoms with Gasteiger partial charge in [-0.25, -0.2) is 9.67 Å². The van der Waals surface area contributed by atoms with Crippen LogP contribution in [0.25, 0.3) is 10.8 Å². The van der Waals surface area contributed by atoms with Crippen LogP contribution in [-0.4, -0.2) is 30.5 Å². The van der Waals surface area contributed by atoms with Gasteiger partial charge in [0.1, 0.15) is 12.2 Å². The maximum absolute atomic E-state index is 12.9. The molecule has 0 aliphatic heterocycles. The lowest BCUT2D eigenvalue weighted by Gasteiger charge is -2.21. The summed E-state index contributed by atoms with van der Waals surface area (Å²) in [6.07, 6.45) is 1.46. The van der Waals surface area contributed by atoms with Crippen LogP contribution in [0.15, 0.2) is 35.4 Å². The van der Waals surface area contributed by atoms with E-state index in [1.54, 1.807) is 36.0 Å². The van der Waals surface area contributed by atoms with Gasteiger partial charge in [-0.05, 0) is 12.0 Å². The van der Waals surface area contributed by atoms with Crippen LogP contribution in [0.5, 0.6) is 0 Å². The number of nitrogens with zero attached hydrogens (tertiary/aromatic N) is 5. The summed E-state index contributed by atoms with van der Waals surface area (Å²) in [4.78, 5) is 29.3. The van der Waals surface area contributed by atoms with Gasteiger partial charge in [0.25, 0.3) is 11.5 Å². The second-order valence-electron chi connectivity index (χ2n) is 6.26. The Morgan fingerprint density at radius 1 is 1.12 bits per heavy atom. The minimum atomic E-state index is -0.353. The lowest BCUT2D eigenvalue weighted by Crippen LogP contribution is -2.35. The molecule has 0 aliphatic carbocycles. The van der Waals surface area contributed by atoms with E-state index in [9.17, 15) is 9.59 Å². The van der Waals surface area contributed by atoms with Crippen molar-refractivity contribution in [3.8, 4) is 0 Å². The number of carbonyl (C=O) groups excluding carboxylic acids is 1. The summed E-state index contributed by atoms with van der Waals surface area (Å²) >= 11 is 0. The molecular formula is C17H20N6O2. The highest BCUT2D eigenvalue weighted by atomic mass is 16.2.